The first kappa shape index (κ1) is 20.9. The summed E-state index contributed by atoms with van der Waals surface area (Å²) >= 11 is 23.9. The van der Waals surface area contributed by atoms with E-state index in [1.165, 1.54) is 30.3 Å². The lowest BCUT2D eigenvalue weighted by Crippen LogP contribution is -2.07. The highest BCUT2D eigenvalue weighted by Crippen LogP contribution is 2.39. The monoisotopic (exact) mass is 442 g/mol. The Hall–Kier alpha value is -1.40. The van der Waals surface area contributed by atoms with Crippen molar-refractivity contribution in [2.24, 2.45) is 0 Å². The molecule has 9 heteroatoms. The summed E-state index contributed by atoms with van der Waals surface area (Å²) in [5.74, 6) is -1.34. The molecule has 138 valence electrons. The molecule has 1 N–H and O–H groups in total. The van der Waals surface area contributed by atoms with Crippen molar-refractivity contribution in [3.63, 3.8) is 0 Å². The predicted octanol–water partition coefficient (Wildman–Crippen LogP) is 7.38. The summed E-state index contributed by atoms with van der Waals surface area (Å²) in [6.07, 6.45) is -4.97. The number of rotatable bonds is 4. The summed E-state index contributed by atoms with van der Waals surface area (Å²) in [5, 5.41) is 9.41. The van der Waals surface area contributed by atoms with E-state index in [1.807, 2.05) is 0 Å². The first-order valence-electron chi connectivity index (χ1n) is 6.95. The average molecular weight is 444 g/mol. The largest absolute Gasteiger partial charge is 0.478 e. The van der Waals surface area contributed by atoms with Gasteiger partial charge in [-0.05, 0) is 35.4 Å². The Balaban J connectivity index is 2.78. The van der Waals surface area contributed by atoms with Crippen molar-refractivity contribution in [2.75, 3.05) is 0 Å². The van der Waals surface area contributed by atoms with Crippen LogP contribution in [0.15, 0.2) is 36.4 Å². The second-order valence-corrected chi connectivity index (χ2v) is 6.76. The van der Waals surface area contributed by atoms with Gasteiger partial charge in [-0.25, -0.2) is 4.79 Å². The van der Waals surface area contributed by atoms with Crippen molar-refractivity contribution >= 4 is 57.9 Å². The second-order valence-electron chi connectivity index (χ2n) is 5.16. The lowest BCUT2D eigenvalue weighted by Gasteiger charge is -2.15. The Morgan fingerprint density at radius 1 is 1.04 bits per heavy atom. The van der Waals surface area contributed by atoms with Crippen LogP contribution in [-0.4, -0.2) is 17.3 Å². The number of alkyl halides is 3. The van der Waals surface area contributed by atoms with E-state index in [4.69, 9.17) is 46.4 Å². The fourth-order valence-corrected chi connectivity index (χ4v) is 3.14. The van der Waals surface area contributed by atoms with Gasteiger partial charge in [0.05, 0.1) is 27.1 Å². The van der Waals surface area contributed by atoms with Crippen molar-refractivity contribution in [3.05, 3.63) is 73.2 Å². The van der Waals surface area contributed by atoms with Gasteiger partial charge in [-0.2, -0.15) is 13.2 Å². The van der Waals surface area contributed by atoms with Crippen LogP contribution in [0.4, 0.5) is 13.2 Å². The Kier molecular flexibility index (Phi) is 6.51. The minimum absolute atomic E-state index is 0.0102. The maximum absolute atomic E-state index is 12.8. The first-order chi connectivity index (χ1) is 12.0. The van der Waals surface area contributed by atoms with E-state index in [0.29, 0.717) is 0 Å². The summed E-state index contributed by atoms with van der Waals surface area (Å²) in [7, 11) is 0. The van der Waals surface area contributed by atoms with Gasteiger partial charge in [0.15, 0.2) is 0 Å². The topological polar surface area (TPSA) is 37.3 Å². The number of carbonyl (C=O) groups is 1. The maximum Gasteiger partial charge on any atom is 0.392 e. The van der Waals surface area contributed by atoms with E-state index >= 15 is 0 Å². The van der Waals surface area contributed by atoms with Gasteiger partial charge >= 0.3 is 12.1 Å². The van der Waals surface area contributed by atoms with E-state index in [1.54, 1.807) is 0 Å². The summed E-state index contributed by atoms with van der Waals surface area (Å²) in [6.45, 7) is 0. The van der Waals surface area contributed by atoms with Crippen LogP contribution >= 0.6 is 46.4 Å². The number of carboxylic acids is 1. The van der Waals surface area contributed by atoms with Gasteiger partial charge in [0, 0.05) is 10.6 Å². The fourth-order valence-electron chi connectivity index (χ4n) is 2.27. The highest BCUT2D eigenvalue weighted by molar-refractivity contribution is 6.48. The number of halogens is 7. The van der Waals surface area contributed by atoms with Gasteiger partial charge in [0.2, 0.25) is 0 Å². The predicted molar refractivity (Wildman–Crippen MR) is 97.6 cm³/mol. The molecule has 2 aromatic carbocycles. The molecule has 0 saturated heterocycles. The van der Waals surface area contributed by atoms with Crippen molar-refractivity contribution in [3.8, 4) is 0 Å². The van der Waals surface area contributed by atoms with E-state index in [0.717, 1.165) is 6.08 Å². The number of hydrogen-bond acceptors (Lipinski definition) is 1. The van der Waals surface area contributed by atoms with Crippen LogP contribution in [0.1, 0.15) is 27.9 Å². The number of carboxylic acid groups (broad SMARTS) is 1. The smallest absolute Gasteiger partial charge is 0.392 e. The third-order valence-electron chi connectivity index (χ3n) is 3.35. The molecule has 0 aromatic heterocycles. The van der Waals surface area contributed by atoms with Crippen molar-refractivity contribution in [2.45, 2.75) is 12.6 Å². The lowest BCUT2D eigenvalue weighted by molar-refractivity contribution is -0.124. The summed E-state index contributed by atoms with van der Waals surface area (Å²) in [4.78, 5) is 11.5. The van der Waals surface area contributed by atoms with Crippen molar-refractivity contribution in [1.29, 1.82) is 0 Å². The molecule has 0 heterocycles. The van der Waals surface area contributed by atoms with Crippen LogP contribution in [0, 0.1) is 0 Å². The third-order valence-corrected chi connectivity index (χ3v) is 4.86. The molecule has 0 aliphatic carbocycles. The minimum Gasteiger partial charge on any atom is -0.478 e. The Morgan fingerprint density at radius 2 is 1.62 bits per heavy atom. The normalized spacial score (nSPS) is 12.3. The molecule has 0 spiro atoms. The number of aromatic carboxylic acids is 1. The quantitative estimate of drug-likeness (QED) is 0.500. The van der Waals surface area contributed by atoms with Crippen molar-refractivity contribution < 1.29 is 23.1 Å². The molecular weight excluding hydrogens is 435 g/mol. The van der Waals surface area contributed by atoms with E-state index < -0.39 is 18.6 Å². The molecule has 0 atom stereocenters. The molecule has 0 aliphatic rings. The molecule has 2 rings (SSSR count). The number of benzene rings is 2. The molecule has 0 unspecified atom stereocenters. The maximum atomic E-state index is 12.8. The minimum atomic E-state index is -4.50. The zero-order valence-electron chi connectivity index (χ0n) is 12.7. The molecule has 0 saturated carbocycles. The Bertz CT molecular complexity index is 869. The van der Waals surface area contributed by atoms with Gasteiger partial charge in [-0.3, -0.25) is 0 Å². The molecule has 26 heavy (non-hydrogen) atoms. The van der Waals surface area contributed by atoms with E-state index in [-0.39, 0.29) is 42.4 Å². The van der Waals surface area contributed by atoms with Gasteiger partial charge < -0.3 is 5.11 Å². The second kappa shape index (κ2) is 8.09. The molecule has 2 aromatic rings. The molecule has 0 fully saturated rings. The zero-order valence-corrected chi connectivity index (χ0v) is 15.7. The van der Waals surface area contributed by atoms with Crippen LogP contribution in [-0.2, 0) is 0 Å². The molecule has 0 aliphatic heterocycles. The van der Waals surface area contributed by atoms with Gasteiger partial charge in [-0.1, -0.05) is 58.5 Å². The number of allylic oxidation sites excluding steroid dienone is 1. The molecule has 2 nitrogen and oxygen atoms in total. The van der Waals surface area contributed by atoms with E-state index in [2.05, 4.69) is 0 Å². The first-order valence-corrected chi connectivity index (χ1v) is 8.46. The molecule has 0 amide bonds. The fraction of sp³-hybridized carbons (Fsp3) is 0.118. The van der Waals surface area contributed by atoms with Crippen LogP contribution in [0.3, 0.4) is 0 Å². The highest BCUT2D eigenvalue weighted by Gasteiger charge is 2.27. The SMILES string of the molecule is O=C(O)c1cccc(Cl)c1/C(=C/CC(F)(F)F)c1cc(Cl)c(Cl)c(Cl)c1. The lowest BCUT2D eigenvalue weighted by atomic mass is 9.92. The highest BCUT2D eigenvalue weighted by atomic mass is 35.5. The summed E-state index contributed by atoms with van der Waals surface area (Å²) in [6, 6.07) is 6.60. The Labute approximate surface area is 166 Å². The van der Waals surface area contributed by atoms with Crippen molar-refractivity contribution in [1.82, 2.24) is 0 Å². The third kappa shape index (κ3) is 4.86. The van der Waals surface area contributed by atoms with Crippen LogP contribution in [0.2, 0.25) is 20.1 Å². The Morgan fingerprint density at radius 3 is 2.12 bits per heavy atom. The zero-order chi connectivity index (χ0) is 19.6. The van der Waals surface area contributed by atoms with E-state index in [9.17, 15) is 23.1 Å². The van der Waals surface area contributed by atoms with Crippen LogP contribution in [0.25, 0.3) is 5.57 Å². The standard InChI is InChI=1S/C17H9Cl4F3O2/c18-11-3-1-2-10(16(25)26)14(11)9(4-5-17(22,23)24)8-6-12(19)15(21)13(20)7-8/h1-4,6-7H,5H2,(H,25,26)/b9-4+. The summed E-state index contributed by atoms with van der Waals surface area (Å²) < 4.78 is 38.3. The van der Waals surface area contributed by atoms with Gasteiger partial charge in [0.25, 0.3) is 0 Å². The molecule has 0 bridgehead atoms. The molecule has 0 radical (unpaired) electrons. The van der Waals surface area contributed by atoms with Gasteiger partial charge in [0.1, 0.15) is 0 Å². The average Bonchev–Trinajstić information content (AvgIpc) is 2.52. The van der Waals surface area contributed by atoms with Gasteiger partial charge in [-0.15, -0.1) is 0 Å². The van der Waals surface area contributed by atoms with Crippen LogP contribution in [0.5, 0.6) is 0 Å². The number of hydrogen-bond donors (Lipinski definition) is 1. The molecular formula is C17H9Cl4F3O2. The summed E-state index contributed by atoms with van der Waals surface area (Å²) in [5.41, 5.74) is -0.233. The van der Waals surface area contributed by atoms with Crippen LogP contribution < -0.4 is 0 Å².